The van der Waals surface area contributed by atoms with E-state index in [0.717, 1.165) is 24.2 Å². The zero-order valence-electron chi connectivity index (χ0n) is 11.9. The molecule has 20 heavy (non-hydrogen) atoms. The van der Waals surface area contributed by atoms with Crippen LogP contribution in [0.2, 0.25) is 0 Å². The molecule has 1 N–H and O–H groups in total. The molecule has 4 nitrogen and oxygen atoms in total. The molecule has 5 heteroatoms. The number of nitrogens with one attached hydrogen (secondary N) is 1. The summed E-state index contributed by atoms with van der Waals surface area (Å²) in [5.41, 5.74) is 0.728. The summed E-state index contributed by atoms with van der Waals surface area (Å²) in [5.74, 6) is 2.21. The first kappa shape index (κ1) is 14.2. The molecule has 0 fully saturated rings. The molecule has 0 spiro atoms. The van der Waals surface area contributed by atoms with Gasteiger partial charge in [-0.05, 0) is 37.1 Å². The summed E-state index contributed by atoms with van der Waals surface area (Å²) in [4.78, 5) is 8.72. The molecule has 0 atom stereocenters. The predicted octanol–water partition coefficient (Wildman–Crippen LogP) is 3.71. The van der Waals surface area contributed by atoms with Gasteiger partial charge in [0.1, 0.15) is 23.2 Å². The van der Waals surface area contributed by atoms with Gasteiger partial charge in [0.05, 0.1) is 0 Å². The number of rotatable bonds is 5. The van der Waals surface area contributed by atoms with Gasteiger partial charge >= 0.3 is 0 Å². The van der Waals surface area contributed by atoms with Crippen LogP contribution in [0.5, 0.6) is 11.6 Å². The Hall–Kier alpha value is -2.17. The quantitative estimate of drug-likeness (QED) is 0.903. The number of aromatic nitrogens is 2. The molecule has 0 bridgehead atoms. The summed E-state index contributed by atoms with van der Waals surface area (Å²) in [6, 6.07) is 6.13. The lowest BCUT2D eigenvalue weighted by atomic mass is 10.2. The number of nitrogens with zero attached hydrogens (tertiary/aromatic N) is 2. The number of anilines is 1. The topological polar surface area (TPSA) is 47.0 Å². The number of aryl methyl sites for hydroxylation is 2. The van der Waals surface area contributed by atoms with Crippen molar-refractivity contribution in [3.05, 3.63) is 41.5 Å². The first-order valence-electron chi connectivity index (χ1n) is 6.62. The molecule has 0 aliphatic heterocycles. The standard InChI is InChI=1S/C15H18FN3O/c1-4-5-13-18-14(17-3)9-15(19-13)20-12-7-6-11(16)8-10(12)2/h6-9H,4-5H2,1-3H3,(H,17,18,19). The summed E-state index contributed by atoms with van der Waals surface area (Å²) in [7, 11) is 1.80. The van der Waals surface area contributed by atoms with E-state index in [1.54, 1.807) is 26.1 Å². The van der Waals surface area contributed by atoms with Gasteiger partial charge in [0, 0.05) is 19.5 Å². The van der Waals surface area contributed by atoms with Crippen molar-refractivity contribution >= 4 is 5.82 Å². The van der Waals surface area contributed by atoms with E-state index < -0.39 is 0 Å². The van der Waals surface area contributed by atoms with Crippen LogP contribution in [0.4, 0.5) is 10.2 Å². The zero-order valence-corrected chi connectivity index (χ0v) is 11.9. The molecule has 1 heterocycles. The van der Waals surface area contributed by atoms with Crippen molar-refractivity contribution in [1.82, 2.24) is 9.97 Å². The van der Waals surface area contributed by atoms with E-state index in [0.29, 0.717) is 17.4 Å². The van der Waals surface area contributed by atoms with Crippen LogP contribution in [-0.4, -0.2) is 17.0 Å². The van der Waals surface area contributed by atoms with Gasteiger partial charge in [0.2, 0.25) is 5.88 Å². The van der Waals surface area contributed by atoms with Gasteiger partial charge in [-0.3, -0.25) is 0 Å². The smallest absolute Gasteiger partial charge is 0.224 e. The van der Waals surface area contributed by atoms with Crippen molar-refractivity contribution in [1.29, 1.82) is 0 Å². The molecule has 0 saturated carbocycles. The van der Waals surface area contributed by atoms with Crippen molar-refractivity contribution in [2.45, 2.75) is 26.7 Å². The Balaban J connectivity index is 2.29. The van der Waals surface area contributed by atoms with E-state index >= 15 is 0 Å². The molecule has 0 aliphatic carbocycles. The van der Waals surface area contributed by atoms with Crippen LogP contribution in [0.3, 0.4) is 0 Å². The Kier molecular flexibility index (Phi) is 4.50. The highest BCUT2D eigenvalue weighted by Gasteiger charge is 2.08. The van der Waals surface area contributed by atoms with Gasteiger partial charge < -0.3 is 10.1 Å². The van der Waals surface area contributed by atoms with Crippen LogP contribution in [0.25, 0.3) is 0 Å². The third kappa shape index (κ3) is 3.44. The third-order valence-electron chi connectivity index (χ3n) is 2.83. The number of hydrogen-bond donors (Lipinski definition) is 1. The molecule has 2 aromatic rings. The van der Waals surface area contributed by atoms with Crippen molar-refractivity contribution in [2.75, 3.05) is 12.4 Å². The van der Waals surface area contributed by atoms with E-state index in [9.17, 15) is 4.39 Å². The van der Waals surface area contributed by atoms with Crippen molar-refractivity contribution < 1.29 is 9.13 Å². The van der Waals surface area contributed by atoms with Gasteiger partial charge in [0.15, 0.2) is 0 Å². The third-order valence-corrected chi connectivity index (χ3v) is 2.83. The monoisotopic (exact) mass is 275 g/mol. The minimum absolute atomic E-state index is 0.278. The molecule has 1 aromatic carbocycles. The van der Waals surface area contributed by atoms with Gasteiger partial charge in [-0.15, -0.1) is 0 Å². The molecule has 0 radical (unpaired) electrons. The van der Waals surface area contributed by atoms with Crippen LogP contribution in [-0.2, 0) is 6.42 Å². The summed E-state index contributed by atoms with van der Waals surface area (Å²) in [5, 5.41) is 2.98. The minimum Gasteiger partial charge on any atom is -0.439 e. The average Bonchev–Trinajstić information content (AvgIpc) is 2.42. The van der Waals surface area contributed by atoms with Crippen LogP contribution in [0.1, 0.15) is 24.7 Å². The Morgan fingerprint density at radius 3 is 2.70 bits per heavy atom. The Morgan fingerprint density at radius 2 is 2.05 bits per heavy atom. The lowest BCUT2D eigenvalue weighted by Crippen LogP contribution is -2.02. The van der Waals surface area contributed by atoms with Crippen molar-refractivity contribution in [3.8, 4) is 11.6 Å². The summed E-state index contributed by atoms with van der Waals surface area (Å²) >= 11 is 0. The molecule has 2 rings (SSSR count). The van der Waals surface area contributed by atoms with E-state index in [1.807, 2.05) is 0 Å². The zero-order chi connectivity index (χ0) is 14.5. The van der Waals surface area contributed by atoms with Crippen LogP contribution < -0.4 is 10.1 Å². The van der Waals surface area contributed by atoms with Gasteiger partial charge in [-0.1, -0.05) is 6.92 Å². The molecular weight excluding hydrogens is 257 g/mol. The first-order valence-corrected chi connectivity index (χ1v) is 6.62. The van der Waals surface area contributed by atoms with Crippen LogP contribution >= 0.6 is 0 Å². The summed E-state index contributed by atoms with van der Waals surface area (Å²) in [6.07, 6.45) is 1.75. The maximum atomic E-state index is 13.1. The van der Waals surface area contributed by atoms with Crippen molar-refractivity contribution in [3.63, 3.8) is 0 Å². The van der Waals surface area contributed by atoms with E-state index in [1.165, 1.54) is 12.1 Å². The Bertz CT molecular complexity index is 602. The summed E-state index contributed by atoms with van der Waals surface area (Å²) < 4.78 is 18.8. The normalized spacial score (nSPS) is 10.4. The molecule has 1 aromatic heterocycles. The van der Waals surface area contributed by atoms with Crippen LogP contribution in [0, 0.1) is 12.7 Å². The second kappa shape index (κ2) is 6.32. The number of hydrogen-bond acceptors (Lipinski definition) is 4. The Labute approximate surface area is 118 Å². The number of halogens is 1. The van der Waals surface area contributed by atoms with Gasteiger partial charge in [-0.2, -0.15) is 4.98 Å². The highest BCUT2D eigenvalue weighted by molar-refractivity contribution is 5.41. The minimum atomic E-state index is -0.278. The van der Waals surface area contributed by atoms with E-state index in [4.69, 9.17) is 4.74 Å². The number of ether oxygens (including phenoxy) is 1. The second-order valence-electron chi connectivity index (χ2n) is 4.52. The van der Waals surface area contributed by atoms with Gasteiger partial charge in [-0.25, -0.2) is 9.37 Å². The van der Waals surface area contributed by atoms with E-state index in [-0.39, 0.29) is 5.82 Å². The largest absolute Gasteiger partial charge is 0.439 e. The Morgan fingerprint density at radius 1 is 1.25 bits per heavy atom. The lowest BCUT2D eigenvalue weighted by molar-refractivity contribution is 0.453. The molecule has 0 amide bonds. The van der Waals surface area contributed by atoms with Gasteiger partial charge in [0.25, 0.3) is 0 Å². The first-order chi connectivity index (χ1) is 9.62. The molecular formula is C15H18FN3O. The average molecular weight is 275 g/mol. The maximum absolute atomic E-state index is 13.1. The highest BCUT2D eigenvalue weighted by Crippen LogP contribution is 2.25. The molecule has 0 aliphatic rings. The molecule has 0 saturated heterocycles. The van der Waals surface area contributed by atoms with E-state index in [2.05, 4.69) is 22.2 Å². The fourth-order valence-electron chi connectivity index (χ4n) is 1.83. The summed E-state index contributed by atoms with van der Waals surface area (Å²) in [6.45, 7) is 3.87. The molecule has 106 valence electrons. The predicted molar refractivity (Wildman–Crippen MR) is 76.8 cm³/mol. The lowest BCUT2D eigenvalue weighted by Gasteiger charge is -2.10. The molecule has 0 unspecified atom stereocenters. The maximum Gasteiger partial charge on any atom is 0.224 e. The van der Waals surface area contributed by atoms with Crippen LogP contribution in [0.15, 0.2) is 24.3 Å². The van der Waals surface area contributed by atoms with Crippen molar-refractivity contribution in [2.24, 2.45) is 0 Å². The number of benzene rings is 1. The second-order valence-corrected chi connectivity index (χ2v) is 4.52. The highest BCUT2D eigenvalue weighted by atomic mass is 19.1. The SMILES string of the molecule is CCCc1nc(NC)cc(Oc2ccc(F)cc2C)n1. The fraction of sp³-hybridized carbons (Fsp3) is 0.333. The fourth-order valence-corrected chi connectivity index (χ4v) is 1.83.